The van der Waals surface area contributed by atoms with Gasteiger partial charge in [0.2, 0.25) is 0 Å². The lowest BCUT2D eigenvalue weighted by molar-refractivity contribution is -0.273. The second-order valence-corrected chi connectivity index (χ2v) is 5.15. The summed E-state index contributed by atoms with van der Waals surface area (Å²) in [6.45, 7) is 5.43. The van der Waals surface area contributed by atoms with Gasteiger partial charge in [-0.2, -0.15) is 13.2 Å². The van der Waals surface area contributed by atoms with E-state index in [0.717, 1.165) is 0 Å². The first kappa shape index (κ1) is 15.0. The largest absolute Gasteiger partial charge is 0.421 e. The van der Waals surface area contributed by atoms with E-state index in [2.05, 4.69) is 0 Å². The molecule has 0 heterocycles. The van der Waals surface area contributed by atoms with Gasteiger partial charge in [-0.05, 0) is 23.8 Å². The van der Waals surface area contributed by atoms with Crippen LogP contribution in [0, 0.1) is 11.8 Å². The van der Waals surface area contributed by atoms with Gasteiger partial charge in [-0.3, -0.25) is 0 Å². The summed E-state index contributed by atoms with van der Waals surface area (Å²) in [4.78, 5) is 0. The minimum absolute atomic E-state index is 0.0857. The predicted molar refractivity (Wildman–Crippen MR) is 65.0 cm³/mol. The van der Waals surface area contributed by atoms with Crippen molar-refractivity contribution in [2.45, 2.75) is 39.0 Å². The van der Waals surface area contributed by atoms with Crippen molar-refractivity contribution in [3.63, 3.8) is 0 Å². The van der Waals surface area contributed by atoms with Crippen LogP contribution in [0.4, 0.5) is 13.2 Å². The first-order valence-corrected chi connectivity index (χ1v) is 6.03. The molecule has 18 heavy (non-hydrogen) atoms. The summed E-state index contributed by atoms with van der Waals surface area (Å²) in [5.41, 5.74) is -2.86. The SMILES string of the molecule is CC(C)C(C)CC(O)(c1ccccc1)C(F)(F)F. The van der Waals surface area contributed by atoms with Gasteiger partial charge in [0.15, 0.2) is 5.60 Å². The first-order valence-electron chi connectivity index (χ1n) is 6.03. The maximum Gasteiger partial charge on any atom is 0.421 e. The van der Waals surface area contributed by atoms with Crippen molar-refractivity contribution >= 4 is 0 Å². The molecule has 2 unspecified atom stereocenters. The molecule has 0 spiro atoms. The molecule has 1 rings (SSSR count). The van der Waals surface area contributed by atoms with Crippen LogP contribution in [0.1, 0.15) is 32.8 Å². The Morgan fingerprint density at radius 1 is 1.06 bits per heavy atom. The second-order valence-electron chi connectivity index (χ2n) is 5.15. The van der Waals surface area contributed by atoms with Crippen molar-refractivity contribution in [2.24, 2.45) is 11.8 Å². The molecule has 1 N–H and O–H groups in total. The average molecular weight is 260 g/mol. The van der Waals surface area contributed by atoms with E-state index in [9.17, 15) is 18.3 Å². The number of rotatable bonds is 4. The summed E-state index contributed by atoms with van der Waals surface area (Å²) in [6.07, 6.45) is -4.99. The molecule has 0 saturated carbocycles. The Labute approximate surface area is 106 Å². The van der Waals surface area contributed by atoms with Crippen molar-refractivity contribution in [3.8, 4) is 0 Å². The minimum atomic E-state index is -4.67. The highest BCUT2D eigenvalue weighted by Gasteiger charge is 2.55. The van der Waals surface area contributed by atoms with Gasteiger partial charge in [0.1, 0.15) is 0 Å². The molecule has 0 aromatic heterocycles. The van der Waals surface area contributed by atoms with E-state index in [-0.39, 0.29) is 23.8 Å². The zero-order valence-corrected chi connectivity index (χ0v) is 10.8. The summed E-state index contributed by atoms with van der Waals surface area (Å²) in [5.74, 6) is -0.139. The Morgan fingerprint density at radius 3 is 1.94 bits per heavy atom. The fourth-order valence-electron chi connectivity index (χ4n) is 1.81. The molecule has 0 radical (unpaired) electrons. The van der Waals surface area contributed by atoms with Gasteiger partial charge in [-0.15, -0.1) is 0 Å². The van der Waals surface area contributed by atoms with Gasteiger partial charge in [0.05, 0.1) is 0 Å². The maximum atomic E-state index is 13.2. The standard InChI is InChI=1S/C14H19F3O/c1-10(2)11(3)9-13(18,14(15,16)17)12-7-5-4-6-8-12/h4-8,10-11,18H,9H2,1-3H3. The summed E-state index contributed by atoms with van der Waals surface area (Å²) in [6, 6.07) is 7.28. The number of benzene rings is 1. The van der Waals surface area contributed by atoms with Gasteiger partial charge >= 0.3 is 6.18 Å². The number of halogens is 3. The Morgan fingerprint density at radius 2 is 1.56 bits per heavy atom. The molecular formula is C14H19F3O. The molecule has 0 aliphatic carbocycles. The van der Waals surface area contributed by atoms with E-state index in [4.69, 9.17) is 0 Å². The smallest absolute Gasteiger partial charge is 0.376 e. The van der Waals surface area contributed by atoms with E-state index in [1.165, 1.54) is 24.3 Å². The topological polar surface area (TPSA) is 20.2 Å². The van der Waals surface area contributed by atoms with Crippen molar-refractivity contribution in [1.29, 1.82) is 0 Å². The van der Waals surface area contributed by atoms with E-state index in [1.807, 2.05) is 13.8 Å². The maximum absolute atomic E-state index is 13.2. The lowest BCUT2D eigenvalue weighted by Crippen LogP contribution is -2.44. The van der Waals surface area contributed by atoms with Crippen molar-refractivity contribution < 1.29 is 18.3 Å². The van der Waals surface area contributed by atoms with Crippen LogP contribution >= 0.6 is 0 Å². The monoisotopic (exact) mass is 260 g/mol. The van der Waals surface area contributed by atoms with Gasteiger partial charge < -0.3 is 5.11 Å². The lowest BCUT2D eigenvalue weighted by atomic mass is 9.80. The molecule has 102 valence electrons. The van der Waals surface area contributed by atoms with Crippen LogP contribution < -0.4 is 0 Å². The number of hydrogen-bond acceptors (Lipinski definition) is 1. The van der Waals surface area contributed by atoms with Crippen LogP contribution in [0.2, 0.25) is 0 Å². The average Bonchev–Trinajstić information content (AvgIpc) is 2.28. The highest BCUT2D eigenvalue weighted by Crippen LogP contribution is 2.44. The van der Waals surface area contributed by atoms with Gasteiger partial charge in [0.25, 0.3) is 0 Å². The number of alkyl halides is 3. The molecule has 1 aromatic carbocycles. The molecule has 0 fully saturated rings. The summed E-state index contributed by atoms with van der Waals surface area (Å²) in [5, 5.41) is 10.1. The highest BCUT2D eigenvalue weighted by molar-refractivity contribution is 5.24. The van der Waals surface area contributed by atoms with Crippen LogP contribution in [0.5, 0.6) is 0 Å². The van der Waals surface area contributed by atoms with E-state index >= 15 is 0 Å². The molecule has 4 heteroatoms. The molecule has 0 aliphatic heterocycles. The fourth-order valence-corrected chi connectivity index (χ4v) is 1.81. The van der Waals surface area contributed by atoms with Crippen LogP contribution in [0.25, 0.3) is 0 Å². The van der Waals surface area contributed by atoms with Crippen molar-refractivity contribution in [3.05, 3.63) is 35.9 Å². The van der Waals surface area contributed by atoms with Crippen molar-refractivity contribution in [2.75, 3.05) is 0 Å². The zero-order valence-electron chi connectivity index (χ0n) is 10.8. The molecule has 0 aliphatic rings. The highest BCUT2D eigenvalue weighted by atomic mass is 19.4. The second kappa shape index (κ2) is 5.31. The van der Waals surface area contributed by atoms with E-state index in [1.54, 1.807) is 13.0 Å². The van der Waals surface area contributed by atoms with Gasteiger partial charge in [-0.25, -0.2) is 0 Å². The molecular weight excluding hydrogens is 241 g/mol. The molecule has 1 aromatic rings. The summed E-state index contributed by atoms with van der Waals surface area (Å²) >= 11 is 0. The molecule has 0 saturated heterocycles. The van der Waals surface area contributed by atoms with E-state index < -0.39 is 11.8 Å². The first-order chi connectivity index (χ1) is 8.18. The Hall–Kier alpha value is -1.03. The van der Waals surface area contributed by atoms with Crippen LogP contribution in [-0.4, -0.2) is 11.3 Å². The van der Waals surface area contributed by atoms with Gasteiger partial charge in [0, 0.05) is 0 Å². The Balaban J connectivity index is 3.13. The van der Waals surface area contributed by atoms with Crippen LogP contribution in [-0.2, 0) is 5.60 Å². The molecule has 0 amide bonds. The summed E-state index contributed by atoms with van der Waals surface area (Å²) in [7, 11) is 0. The lowest BCUT2D eigenvalue weighted by Gasteiger charge is -2.34. The zero-order chi connectivity index (χ0) is 14.0. The van der Waals surface area contributed by atoms with Crippen LogP contribution in [0.15, 0.2) is 30.3 Å². The third-order valence-corrected chi connectivity index (χ3v) is 3.48. The predicted octanol–water partition coefficient (Wildman–Crippen LogP) is 4.12. The fraction of sp³-hybridized carbons (Fsp3) is 0.571. The van der Waals surface area contributed by atoms with Crippen LogP contribution in [0.3, 0.4) is 0 Å². The third-order valence-electron chi connectivity index (χ3n) is 3.48. The molecule has 2 atom stereocenters. The number of hydrogen-bond donors (Lipinski definition) is 1. The normalized spacial score (nSPS) is 17.6. The van der Waals surface area contributed by atoms with Gasteiger partial charge in [-0.1, -0.05) is 51.1 Å². The third kappa shape index (κ3) is 3.05. The summed E-state index contributed by atoms with van der Waals surface area (Å²) < 4.78 is 39.5. The van der Waals surface area contributed by atoms with Crippen molar-refractivity contribution in [1.82, 2.24) is 0 Å². The number of aliphatic hydroxyl groups is 1. The Bertz CT molecular complexity index is 372. The minimum Gasteiger partial charge on any atom is -0.376 e. The molecule has 1 nitrogen and oxygen atoms in total. The van der Waals surface area contributed by atoms with E-state index in [0.29, 0.717) is 0 Å². The quantitative estimate of drug-likeness (QED) is 0.863. The molecule has 0 bridgehead atoms. The Kier molecular flexibility index (Phi) is 4.43.